The molecule has 5 heteroatoms. The summed E-state index contributed by atoms with van der Waals surface area (Å²) >= 11 is 15.9. The van der Waals surface area contributed by atoms with Gasteiger partial charge in [0.2, 0.25) is 0 Å². The van der Waals surface area contributed by atoms with Gasteiger partial charge >= 0.3 is 0 Å². The number of hydrogen-bond acceptors (Lipinski definition) is 1. The number of benzene rings is 2. The molecule has 0 radical (unpaired) electrons. The summed E-state index contributed by atoms with van der Waals surface area (Å²) in [5.41, 5.74) is 1.53. The molecule has 2 rings (SSSR count). The van der Waals surface area contributed by atoms with E-state index in [9.17, 15) is 4.39 Å². The molecule has 0 aliphatic rings. The van der Waals surface area contributed by atoms with Gasteiger partial charge in [-0.3, -0.25) is 0 Å². The van der Waals surface area contributed by atoms with E-state index in [1.54, 1.807) is 12.1 Å². The zero-order chi connectivity index (χ0) is 14.7. The summed E-state index contributed by atoms with van der Waals surface area (Å²) in [6, 6.07) is 9.66. The molecule has 0 aliphatic heterocycles. The van der Waals surface area contributed by atoms with Crippen molar-refractivity contribution in [1.82, 2.24) is 5.32 Å². The van der Waals surface area contributed by atoms with E-state index in [0.29, 0.717) is 22.2 Å². The second-order valence-corrected chi connectivity index (χ2v) is 6.05. The molecule has 0 spiro atoms. The van der Waals surface area contributed by atoms with Gasteiger partial charge in [0.05, 0.1) is 6.04 Å². The van der Waals surface area contributed by atoms with Crippen molar-refractivity contribution in [3.8, 4) is 0 Å². The fraction of sp³-hybridized carbons (Fsp3) is 0.200. The van der Waals surface area contributed by atoms with E-state index in [4.69, 9.17) is 23.2 Å². The Labute approximate surface area is 136 Å². The van der Waals surface area contributed by atoms with E-state index in [1.807, 2.05) is 19.1 Å². The molecule has 2 aromatic rings. The predicted molar refractivity (Wildman–Crippen MR) is 86.1 cm³/mol. The van der Waals surface area contributed by atoms with Crippen LogP contribution in [0.25, 0.3) is 0 Å². The Hall–Kier alpha value is -0.610. The third-order valence-electron chi connectivity index (χ3n) is 2.95. The average molecular weight is 377 g/mol. The average Bonchev–Trinajstić information content (AvgIpc) is 2.42. The Morgan fingerprint density at radius 1 is 1.10 bits per heavy atom. The van der Waals surface area contributed by atoms with Gasteiger partial charge in [0.1, 0.15) is 5.82 Å². The summed E-state index contributed by atoms with van der Waals surface area (Å²) in [5.74, 6) is -0.321. The van der Waals surface area contributed by atoms with Crippen LogP contribution >= 0.6 is 39.1 Å². The summed E-state index contributed by atoms with van der Waals surface area (Å²) < 4.78 is 14.4. The van der Waals surface area contributed by atoms with Crippen LogP contribution in [0.3, 0.4) is 0 Å². The quantitative estimate of drug-likeness (QED) is 0.732. The van der Waals surface area contributed by atoms with Crippen molar-refractivity contribution >= 4 is 39.1 Å². The molecule has 20 heavy (non-hydrogen) atoms. The fourth-order valence-electron chi connectivity index (χ4n) is 2.06. The van der Waals surface area contributed by atoms with Crippen LogP contribution in [-0.4, -0.2) is 6.54 Å². The maximum Gasteiger partial charge on any atom is 0.123 e. The van der Waals surface area contributed by atoms with Gasteiger partial charge < -0.3 is 5.32 Å². The summed E-state index contributed by atoms with van der Waals surface area (Å²) in [7, 11) is 0. The van der Waals surface area contributed by atoms with Gasteiger partial charge in [-0.25, -0.2) is 4.39 Å². The van der Waals surface area contributed by atoms with E-state index in [2.05, 4.69) is 21.2 Å². The van der Waals surface area contributed by atoms with Crippen LogP contribution in [0.1, 0.15) is 24.1 Å². The van der Waals surface area contributed by atoms with Crippen LogP contribution in [0, 0.1) is 5.82 Å². The van der Waals surface area contributed by atoms with Crippen LogP contribution in [0.15, 0.2) is 40.9 Å². The van der Waals surface area contributed by atoms with Crippen molar-refractivity contribution in [2.45, 2.75) is 13.0 Å². The molecule has 0 aliphatic carbocycles. The standard InChI is InChI=1S/C15H13BrCl2FN/c1-2-20-15(11-7-9(16)3-5-13(11)17)12-8-10(19)4-6-14(12)18/h3-8,15,20H,2H2,1H3. The van der Waals surface area contributed by atoms with Crippen molar-refractivity contribution in [2.24, 2.45) is 0 Å². The highest BCUT2D eigenvalue weighted by Crippen LogP contribution is 2.34. The minimum absolute atomic E-state index is 0.256. The second kappa shape index (κ2) is 6.90. The highest BCUT2D eigenvalue weighted by Gasteiger charge is 2.19. The lowest BCUT2D eigenvalue weighted by Gasteiger charge is -2.21. The molecule has 1 nitrogen and oxygen atoms in total. The Morgan fingerprint density at radius 3 is 2.35 bits per heavy atom. The summed E-state index contributed by atoms with van der Waals surface area (Å²) in [6.07, 6.45) is 0. The Balaban J connectivity index is 2.55. The van der Waals surface area contributed by atoms with Crippen LogP contribution < -0.4 is 5.32 Å². The van der Waals surface area contributed by atoms with Gasteiger partial charge in [0.25, 0.3) is 0 Å². The first-order valence-electron chi connectivity index (χ1n) is 6.16. The molecule has 0 aromatic heterocycles. The van der Waals surface area contributed by atoms with Crippen molar-refractivity contribution in [1.29, 1.82) is 0 Å². The summed E-state index contributed by atoms with van der Waals surface area (Å²) in [4.78, 5) is 0. The summed E-state index contributed by atoms with van der Waals surface area (Å²) in [6.45, 7) is 2.69. The summed E-state index contributed by atoms with van der Waals surface area (Å²) in [5, 5.41) is 4.41. The smallest absolute Gasteiger partial charge is 0.123 e. The second-order valence-electron chi connectivity index (χ2n) is 4.32. The largest absolute Gasteiger partial charge is 0.306 e. The van der Waals surface area contributed by atoms with E-state index in [1.165, 1.54) is 12.1 Å². The first-order chi connectivity index (χ1) is 9.52. The molecule has 2 aromatic carbocycles. The minimum atomic E-state index is -0.321. The normalized spacial score (nSPS) is 12.4. The van der Waals surface area contributed by atoms with Gasteiger partial charge in [-0.15, -0.1) is 0 Å². The first kappa shape index (κ1) is 15.8. The Kier molecular flexibility index (Phi) is 5.44. The monoisotopic (exact) mass is 375 g/mol. The number of nitrogens with one attached hydrogen (secondary N) is 1. The van der Waals surface area contributed by atoms with Crippen molar-refractivity contribution < 1.29 is 4.39 Å². The zero-order valence-corrected chi connectivity index (χ0v) is 13.9. The zero-order valence-electron chi connectivity index (χ0n) is 10.8. The molecule has 0 saturated heterocycles. The third-order valence-corrected chi connectivity index (χ3v) is 4.13. The van der Waals surface area contributed by atoms with Gasteiger partial charge in [-0.05, 0) is 54.1 Å². The maximum absolute atomic E-state index is 13.5. The molecule has 0 fully saturated rings. The van der Waals surface area contributed by atoms with Crippen LogP contribution in [0.2, 0.25) is 10.0 Å². The number of hydrogen-bond donors (Lipinski definition) is 1. The van der Waals surface area contributed by atoms with Crippen LogP contribution in [0.5, 0.6) is 0 Å². The van der Waals surface area contributed by atoms with Crippen molar-refractivity contribution in [3.05, 3.63) is 67.9 Å². The van der Waals surface area contributed by atoms with E-state index in [-0.39, 0.29) is 11.9 Å². The lowest BCUT2D eigenvalue weighted by atomic mass is 9.98. The lowest BCUT2D eigenvalue weighted by Crippen LogP contribution is -2.22. The molecule has 0 heterocycles. The molecule has 0 amide bonds. The van der Waals surface area contributed by atoms with E-state index < -0.39 is 0 Å². The molecule has 1 N–H and O–H groups in total. The molecule has 1 unspecified atom stereocenters. The van der Waals surface area contributed by atoms with Crippen LogP contribution in [-0.2, 0) is 0 Å². The van der Waals surface area contributed by atoms with E-state index in [0.717, 1.165) is 10.0 Å². The molecular formula is C15H13BrCl2FN. The predicted octanol–water partition coefficient (Wildman–Crippen LogP) is 5.59. The van der Waals surface area contributed by atoms with Crippen LogP contribution in [0.4, 0.5) is 4.39 Å². The van der Waals surface area contributed by atoms with Gasteiger partial charge in [0, 0.05) is 14.5 Å². The maximum atomic E-state index is 13.5. The minimum Gasteiger partial charge on any atom is -0.306 e. The van der Waals surface area contributed by atoms with Gasteiger partial charge in [0.15, 0.2) is 0 Å². The highest BCUT2D eigenvalue weighted by molar-refractivity contribution is 9.10. The van der Waals surface area contributed by atoms with Gasteiger partial charge in [-0.1, -0.05) is 46.1 Å². The molecule has 1 atom stereocenters. The van der Waals surface area contributed by atoms with Gasteiger partial charge in [-0.2, -0.15) is 0 Å². The highest BCUT2D eigenvalue weighted by atomic mass is 79.9. The number of rotatable bonds is 4. The third kappa shape index (κ3) is 3.53. The molecule has 0 bridgehead atoms. The topological polar surface area (TPSA) is 12.0 Å². The molecule has 0 saturated carbocycles. The Morgan fingerprint density at radius 2 is 1.70 bits per heavy atom. The molecule has 106 valence electrons. The van der Waals surface area contributed by atoms with Crippen molar-refractivity contribution in [3.63, 3.8) is 0 Å². The lowest BCUT2D eigenvalue weighted by molar-refractivity contribution is 0.603. The molecular weight excluding hydrogens is 364 g/mol. The fourth-order valence-corrected chi connectivity index (χ4v) is 2.90. The SMILES string of the molecule is CCNC(c1cc(F)ccc1Cl)c1cc(Br)ccc1Cl. The van der Waals surface area contributed by atoms with E-state index >= 15 is 0 Å². The Bertz CT molecular complexity index is 567. The van der Waals surface area contributed by atoms with Crippen molar-refractivity contribution in [2.75, 3.05) is 6.54 Å². The number of halogens is 4. The first-order valence-corrected chi connectivity index (χ1v) is 7.71.